The van der Waals surface area contributed by atoms with Crippen LogP contribution < -0.4 is 0 Å². The molecular formula is C14H21NO4S. The molecule has 0 aliphatic heterocycles. The summed E-state index contributed by atoms with van der Waals surface area (Å²) in [6, 6.07) is 6.85. The minimum absolute atomic E-state index is 0.363. The van der Waals surface area contributed by atoms with E-state index in [4.69, 9.17) is 9.29 Å². The highest BCUT2D eigenvalue weighted by atomic mass is 32.2. The lowest BCUT2D eigenvalue weighted by Gasteiger charge is -2.24. The number of rotatable bonds is 4. The second kappa shape index (κ2) is 6.85. The fraction of sp³-hybridized carbons (Fsp3) is 0.500. The minimum Gasteiger partial charge on any atom is -0.444 e. The van der Waals surface area contributed by atoms with E-state index in [9.17, 15) is 9.00 Å². The second-order valence-corrected chi connectivity index (χ2v) is 6.52. The fourth-order valence-electron chi connectivity index (χ4n) is 1.54. The molecule has 1 atom stereocenters. The SMILES string of the molecule is CN(CCc1cccc(S(=O)O)c1)C(=O)OC(C)(C)C. The summed E-state index contributed by atoms with van der Waals surface area (Å²) in [5, 5.41) is 0. The number of likely N-dealkylation sites (N-methyl/N-ethyl adjacent to an activating group) is 1. The third-order valence-corrected chi connectivity index (χ3v) is 3.20. The van der Waals surface area contributed by atoms with Gasteiger partial charge in [-0.25, -0.2) is 9.00 Å². The molecule has 5 nitrogen and oxygen atoms in total. The van der Waals surface area contributed by atoms with Crippen LogP contribution >= 0.6 is 0 Å². The molecule has 0 spiro atoms. The molecule has 0 aliphatic rings. The number of hydrogen-bond acceptors (Lipinski definition) is 3. The zero-order chi connectivity index (χ0) is 15.3. The molecule has 0 bridgehead atoms. The van der Waals surface area contributed by atoms with Crippen molar-refractivity contribution in [3.63, 3.8) is 0 Å². The molecule has 0 saturated carbocycles. The summed E-state index contributed by atoms with van der Waals surface area (Å²) in [7, 11) is 1.67. The van der Waals surface area contributed by atoms with Crippen molar-refractivity contribution in [2.24, 2.45) is 0 Å². The Kier molecular flexibility index (Phi) is 5.71. The van der Waals surface area contributed by atoms with Crippen molar-refractivity contribution in [3.05, 3.63) is 29.8 Å². The van der Waals surface area contributed by atoms with Gasteiger partial charge in [-0.05, 0) is 44.9 Å². The number of nitrogens with zero attached hydrogens (tertiary/aromatic N) is 1. The first-order valence-electron chi connectivity index (χ1n) is 6.33. The van der Waals surface area contributed by atoms with Gasteiger partial charge in [0, 0.05) is 13.6 Å². The fourth-order valence-corrected chi connectivity index (χ4v) is 1.98. The van der Waals surface area contributed by atoms with Gasteiger partial charge in [0.1, 0.15) is 5.60 Å². The highest BCUT2D eigenvalue weighted by molar-refractivity contribution is 7.79. The third-order valence-electron chi connectivity index (χ3n) is 2.54. The minimum atomic E-state index is -1.98. The predicted molar refractivity (Wildman–Crippen MR) is 78.0 cm³/mol. The first kappa shape index (κ1) is 16.7. The van der Waals surface area contributed by atoms with E-state index < -0.39 is 16.7 Å². The lowest BCUT2D eigenvalue weighted by molar-refractivity contribution is 0.0300. The summed E-state index contributed by atoms with van der Waals surface area (Å²) < 4.78 is 25.3. The smallest absolute Gasteiger partial charge is 0.410 e. The van der Waals surface area contributed by atoms with E-state index in [1.807, 2.05) is 26.8 Å². The molecule has 1 aromatic rings. The highest BCUT2D eigenvalue weighted by Crippen LogP contribution is 2.11. The van der Waals surface area contributed by atoms with Gasteiger partial charge in [0.2, 0.25) is 0 Å². The molecule has 112 valence electrons. The quantitative estimate of drug-likeness (QED) is 0.868. The van der Waals surface area contributed by atoms with E-state index in [0.29, 0.717) is 17.9 Å². The first-order valence-corrected chi connectivity index (χ1v) is 7.43. The molecule has 0 saturated heterocycles. The van der Waals surface area contributed by atoms with E-state index in [0.717, 1.165) is 5.56 Å². The maximum Gasteiger partial charge on any atom is 0.410 e. The molecule has 0 radical (unpaired) electrons. The van der Waals surface area contributed by atoms with Gasteiger partial charge in [0.15, 0.2) is 11.1 Å². The van der Waals surface area contributed by atoms with E-state index in [-0.39, 0.29) is 6.09 Å². The van der Waals surface area contributed by atoms with Crippen LogP contribution in [0.3, 0.4) is 0 Å². The summed E-state index contributed by atoms with van der Waals surface area (Å²) in [6.07, 6.45) is 0.222. The van der Waals surface area contributed by atoms with Crippen molar-refractivity contribution < 1.29 is 18.3 Å². The van der Waals surface area contributed by atoms with Crippen molar-refractivity contribution in [1.82, 2.24) is 4.90 Å². The molecule has 20 heavy (non-hydrogen) atoms. The topological polar surface area (TPSA) is 66.8 Å². The van der Waals surface area contributed by atoms with E-state index in [2.05, 4.69) is 0 Å². The lowest BCUT2D eigenvalue weighted by atomic mass is 10.1. The molecule has 1 rings (SSSR count). The molecule has 1 unspecified atom stereocenters. The lowest BCUT2D eigenvalue weighted by Crippen LogP contribution is -2.35. The first-order chi connectivity index (χ1) is 9.19. The Morgan fingerprint density at radius 3 is 2.60 bits per heavy atom. The van der Waals surface area contributed by atoms with E-state index >= 15 is 0 Å². The molecule has 1 amide bonds. The molecule has 0 fully saturated rings. The number of ether oxygens (including phenoxy) is 1. The van der Waals surface area contributed by atoms with Crippen LogP contribution in [0.5, 0.6) is 0 Å². The zero-order valence-corrected chi connectivity index (χ0v) is 13.1. The Morgan fingerprint density at radius 1 is 1.40 bits per heavy atom. The van der Waals surface area contributed by atoms with Crippen molar-refractivity contribution in [2.45, 2.75) is 37.7 Å². The Hall–Kier alpha value is -1.40. The number of benzene rings is 1. The van der Waals surface area contributed by atoms with E-state index in [1.165, 1.54) is 4.90 Å². The van der Waals surface area contributed by atoms with Crippen LogP contribution in [0.4, 0.5) is 4.79 Å². The highest BCUT2D eigenvalue weighted by Gasteiger charge is 2.19. The molecule has 0 aliphatic carbocycles. The van der Waals surface area contributed by atoms with Gasteiger partial charge in [-0.2, -0.15) is 0 Å². The Labute approximate surface area is 122 Å². The summed E-state index contributed by atoms with van der Waals surface area (Å²) in [5.74, 6) is 0. The number of carbonyl (C=O) groups excluding carboxylic acids is 1. The van der Waals surface area contributed by atoms with Gasteiger partial charge in [0.05, 0.1) is 4.90 Å². The Balaban J connectivity index is 2.56. The zero-order valence-electron chi connectivity index (χ0n) is 12.3. The predicted octanol–water partition coefficient (Wildman–Crippen LogP) is 2.68. The number of amides is 1. The van der Waals surface area contributed by atoms with Crippen LogP contribution in [0.2, 0.25) is 0 Å². The summed E-state index contributed by atoms with van der Waals surface area (Å²) in [5.41, 5.74) is 0.388. The van der Waals surface area contributed by atoms with Crippen LogP contribution in [-0.2, 0) is 22.2 Å². The number of hydrogen-bond donors (Lipinski definition) is 1. The third kappa shape index (κ3) is 5.71. The summed E-state index contributed by atoms with van der Waals surface area (Å²) >= 11 is -1.98. The average Bonchev–Trinajstić information content (AvgIpc) is 2.34. The van der Waals surface area contributed by atoms with Crippen molar-refractivity contribution in [3.8, 4) is 0 Å². The molecular weight excluding hydrogens is 278 g/mol. The van der Waals surface area contributed by atoms with Crippen LogP contribution in [-0.4, -0.2) is 38.9 Å². The standard InChI is InChI=1S/C14H21NO4S/c1-14(2,3)19-13(16)15(4)9-8-11-6-5-7-12(10-11)20(17)18/h5-7,10H,8-9H2,1-4H3,(H,17,18). The van der Waals surface area contributed by atoms with E-state index in [1.54, 1.807) is 25.2 Å². The van der Waals surface area contributed by atoms with Gasteiger partial charge in [-0.15, -0.1) is 0 Å². The maximum absolute atomic E-state index is 11.8. The van der Waals surface area contributed by atoms with Crippen LogP contribution in [0.15, 0.2) is 29.2 Å². The molecule has 0 heterocycles. The molecule has 1 aromatic carbocycles. The molecule has 1 N–H and O–H groups in total. The summed E-state index contributed by atoms with van der Waals surface area (Å²) in [4.78, 5) is 13.6. The van der Waals surface area contributed by atoms with Crippen LogP contribution in [0, 0.1) is 0 Å². The van der Waals surface area contributed by atoms with Crippen LogP contribution in [0.1, 0.15) is 26.3 Å². The Morgan fingerprint density at radius 2 is 2.05 bits per heavy atom. The maximum atomic E-state index is 11.8. The molecule has 6 heteroatoms. The van der Waals surface area contributed by atoms with Gasteiger partial charge in [0.25, 0.3) is 0 Å². The monoisotopic (exact) mass is 299 g/mol. The van der Waals surface area contributed by atoms with Gasteiger partial charge >= 0.3 is 6.09 Å². The number of carbonyl (C=O) groups is 1. The van der Waals surface area contributed by atoms with Gasteiger partial charge in [-0.1, -0.05) is 12.1 Å². The van der Waals surface area contributed by atoms with Crippen molar-refractivity contribution in [1.29, 1.82) is 0 Å². The summed E-state index contributed by atoms with van der Waals surface area (Å²) in [6.45, 7) is 5.94. The molecule has 0 aromatic heterocycles. The van der Waals surface area contributed by atoms with Gasteiger partial charge in [-0.3, -0.25) is 0 Å². The Bertz CT molecular complexity index is 496. The van der Waals surface area contributed by atoms with Crippen molar-refractivity contribution in [2.75, 3.05) is 13.6 Å². The normalized spacial score (nSPS) is 12.8. The average molecular weight is 299 g/mol. The largest absolute Gasteiger partial charge is 0.444 e. The second-order valence-electron chi connectivity index (χ2n) is 5.55. The van der Waals surface area contributed by atoms with Gasteiger partial charge < -0.3 is 14.2 Å². The van der Waals surface area contributed by atoms with Crippen molar-refractivity contribution >= 4 is 17.2 Å². The van der Waals surface area contributed by atoms with Crippen LogP contribution in [0.25, 0.3) is 0 Å².